The number of amides is 2. The molecule has 0 spiro atoms. The lowest BCUT2D eigenvalue weighted by Crippen LogP contribution is -2.46. The van der Waals surface area contributed by atoms with Crippen molar-refractivity contribution in [3.8, 4) is 0 Å². The predicted molar refractivity (Wildman–Crippen MR) is 93.5 cm³/mol. The second kappa shape index (κ2) is 8.82. The third-order valence-electron chi connectivity index (χ3n) is 4.60. The molecule has 2 rings (SSSR count). The van der Waals surface area contributed by atoms with Gasteiger partial charge in [0.2, 0.25) is 11.8 Å². The maximum absolute atomic E-state index is 11.9. The summed E-state index contributed by atoms with van der Waals surface area (Å²) in [6.45, 7) is 3.62. The number of carbonyl (C=O) groups is 2. The Morgan fingerprint density at radius 2 is 1.96 bits per heavy atom. The van der Waals surface area contributed by atoms with Crippen LogP contribution in [0.5, 0.6) is 0 Å². The molecule has 1 heterocycles. The van der Waals surface area contributed by atoms with Gasteiger partial charge in [0.15, 0.2) is 5.82 Å². The molecule has 1 fully saturated rings. The van der Waals surface area contributed by atoms with Gasteiger partial charge in [0, 0.05) is 17.7 Å². The van der Waals surface area contributed by atoms with Crippen molar-refractivity contribution in [3.63, 3.8) is 0 Å². The van der Waals surface area contributed by atoms with Gasteiger partial charge < -0.3 is 16.4 Å². The number of nitrogens with two attached hydrogens (primary N) is 1. The van der Waals surface area contributed by atoms with Crippen LogP contribution in [0.2, 0.25) is 0 Å². The third kappa shape index (κ3) is 5.33. The lowest BCUT2D eigenvalue weighted by molar-refractivity contribution is -0.125. The lowest BCUT2D eigenvalue weighted by atomic mass is 9.97. The quantitative estimate of drug-likeness (QED) is 0.594. The van der Waals surface area contributed by atoms with Gasteiger partial charge in [-0.1, -0.05) is 39.5 Å². The molecule has 0 aromatic carbocycles. The van der Waals surface area contributed by atoms with Crippen LogP contribution in [-0.2, 0) is 9.59 Å². The fourth-order valence-electron chi connectivity index (χ4n) is 2.98. The molecule has 1 atom stereocenters. The first-order valence-electron chi connectivity index (χ1n) is 8.86. The van der Waals surface area contributed by atoms with Crippen molar-refractivity contribution in [2.24, 2.45) is 11.7 Å². The van der Waals surface area contributed by atoms with Crippen LogP contribution < -0.4 is 16.4 Å². The van der Waals surface area contributed by atoms with Gasteiger partial charge in [0.1, 0.15) is 0 Å². The normalized spacial score (nSPS) is 17.3. The van der Waals surface area contributed by atoms with Gasteiger partial charge >= 0.3 is 0 Å². The molecule has 0 unspecified atom stereocenters. The fraction of sp³-hybridized carbons (Fsp3) is 0.706. The molecule has 1 aliphatic carbocycles. The van der Waals surface area contributed by atoms with Gasteiger partial charge in [0.05, 0.1) is 12.6 Å². The fourth-order valence-corrected chi connectivity index (χ4v) is 2.98. The Bertz CT molecular complexity index is 547. The first-order chi connectivity index (χ1) is 11.5. The number of nitrogens with one attached hydrogen (secondary N) is 3. The van der Waals surface area contributed by atoms with Crippen LogP contribution in [0, 0.1) is 5.92 Å². The van der Waals surface area contributed by atoms with Crippen LogP contribution in [-0.4, -0.2) is 34.6 Å². The molecule has 24 heavy (non-hydrogen) atoms. The molecule has 0 aliphatic heterocycles. The molecule has 0 bridgehead atoms. The van der Waals surface area contributed by atoms with E-state index in [2.05, 4.69) is 20.8 Å². The first kappa shape index (κ1) is 18.4. The highest BCUT2D eigenvalue weighted by atomic mass is 16.2. The van der Waals surface area contributed by atoms with Crippen molar-refractivity contribution >= 4 is 17.6 Å². The van der Waals surface area contributed by atoms with Gasteiger partial charge in [-0.25, -0.2) is 0 Å². The van der Waals surface area contributed by atoms with Gasteiger partial charge in [-0.15, -0.1) is 0 Å². The van der Waals surface area contributed by atoms with E-state index < -0.39 is 6.04 Å². The van der Waals surface area contributed by atoms with Crippen LogP contribution in [0.1, 0.15) is 64.0 Å². The highest BCUT2D eigenvalue weighted by Crippen LogP contribution is 2.31. The molecular weight excluding hydrogens is 306 g/mol. The Morgan fingerprint density at radius 1 is 1.29 bits per heavy atom. The number of hydrogen-bond acceptors (Lipinski definition) is 4. The number of aromatic amines is 1. The van der Waals surface area contributed by atoms with E-state index in [0.717, 1.165) is 5.69 Å². The largest absolute Gasteiger partial charge is 0.346 e. The van der Waals surface area contributed by atoms with E-state index in [0.29, 0.717) is 11.7 Å². The Kier molecular flexibility index (Phi) is 6.78. The number of carbonyl (C=O) groups excluding carboxylic acids is 2. The number of aromatic nitrogens is 2. The van der Waals surface area contributed by atoms with E-state index >= 15 is 0 Å². The Morgan fingerprint density at radius 3 is 2.58 bits per heavy atom. The molecule has 1 aromatic rings. The average Bonchev–Trinajstić information content (AvgIpc) is 2.84. The maximum atomic E-state index is 11.9. The minimum absolute atomic E-state index is 0.0292. The van der Waals surface area contributed by atoms with E-state index in [1.807, 2.05) is 19.9 Å². The maximum Gasteiger partial charge on any atom is 0.244 e. The summed E-state index contributed by atoms with van der Waals surface area (Å²) >= 11 is 0. The summed E-state index contributed by atoms with van der Waals surface area (Å²) in [7, 11) is 0. The van der Waals surface area contributed by atoms with Crippen molar-refractivity contribution < 1.29 is 9.59 Å². The van der Waals surface area contributed by atoms with Crippen molar-refractivity contribution in [3.05, 3.63) is 11.8 Å². The van der Waals surface area contributed by atoms with Crippen LogP contribution >= 0.6 is 0 Å². The van der Waals surface area contributed by atoms with Gasteiger partial charge in [0.25, 0.3) is 0 Å². The molecule has 2 amide bonds. The van der Waals surface area contributed by atoms with Crippen molar-refractivity contribution in [1.82, 2.24) is 15.5 Å². The molecule has 1 aromatic heterocycles. The van der Waals surface area contributed by atoms with Gasteiger partial charge in [-0.05, 0) is 18.8 Å². The zero-order valence-electron chi connectivity index (χ0n) is 14.6. The summed E-state index contributed by atoms with van der Waals surface area (Å²) in [5, 5.41) is 12.4. The average molecular weight is 335 g/mol. The first-order valence-corrected chi connectivity index (χ1v) is 8.86. The monoisotopic (exact) mass is 335 g/mol. The Labute approximate surface area is 143 Å². The summed E-state index contributed by atoms with van der Waals surface area (Å²) in [5.74, 6) is 0.400. The number of nitrogens with zero attached hydrogens (tertiary/aromatic N) is 1. The molecule has 134 valence electrons. The van der Waals surface area contributed by atoms with E-state index in [1.165, 1.54) is 38.5 Å². The minimum atomic E-state index is -0.606. The van der Waals surface area contributed by atoms with Crippen molar-refractivity contribution in [2.75, 3.05) is 11.9 Å². The molecule has 7 nitrogen and oxygen atoms in total. The topological polar surface area (TPSA) is 113 Å². The Hall–Kier alpha value is -1.89. The molecule has 7 heteroatoms. The van der Waals surface area contributed by atoms with E-state index in [-0.39, 0.29) is 24.3 Å². The van der Waals surface area contributed by atoms with Crippen molar-refractivity contribution in [2.45, 2.75) is 64.3 Å². The molecule has 5 N–H and O–H groups in total. The summed E-state index contributed by atoms with van der Waals surface area (Å²) in [6, 6.07) is 1.29. The smallest absolute Gasteiger partial charge is 0.244 e. The zero-order valence-corrected chi connectivity index (χ0v) is 14.6. The molecular formula is C17H29N5O2. The van der Waals surface area contributed by atoms with Crippen molar-refractivity contribution in [1.29, 1.82) is 0 Å². The summed E-state index contributed by atoms with van der Waals surface area (Å²) in [4.78, 5) is 23.7. The second-order valence-electron chi connectivity index (χ2n) is 6.93. The predicted octanol–water partition coefficient (Wildman–Crippen LogP) is 1.89. The van der Waals surface area contributed by atoms with E-state index in [4.69, 9.17) is 5.73 Å². The van der Waals surface area contributed by atoms with Crippen LogP contribution in [0.4, 0.5) is 5.82 Å². The minimum Gasteiger partial charge on any atom is -0.346 e. The highest BCUT2D eigenvalue weighted by Gasteiger charge is 2.19. The molecule has 0 saturated heterocycles. The van der Waals surface area contributed by atoms with Crippen LogP contribution in [0.15, 0.2) is 6.07 Å². The third-order valence-corrected chi connectivity index (χ3v) is 4.60. The summed E-state index contributed by atoms with van der Waals surface area (Å²) in [5.41, 5.74) is 6.82. The molecule has 1 aliphatic rings. The van der Waals surface area contributed by atoms with Crippen LogP contribution in [0.25, 0.3) is 0 Å². The second-order valence-corrected chi connectivity index (χ2v) is 6.93. The SMILES string of the molecule is CC(C)[C@H](N)C(=O)NCC(=O)Nc1cc(C2CCCCCC2)[nH]n1. The Balaban J connectivity index is 1.81. The molecule has 1 saturated carbocycles. The number of anilines is 1. The van der Waals surface area contributed by atoms with Gasteiger partial charge in [-0.3, -0.25) is 14.7 Å². The van der Waals surface area contributed by atoms with E-state index in [9.17, 15) is 9.59 Å². The standard InChI is InChI=1S/C17H29N5O2/c1-11(2)16(18)17(24)19-10-15(23)20-14-9-13(21-22-14)12-7-5-3-4-6-8-12/h9,11-12,16H,3-8,10,18H2,1-2H3,(H,19,24)(H2,20,21,22,23)/t16-/m0/s1. The summed E-state index contributed by atoms with van der Waals surface area (Å²) in [6.07, 6.45) is 7.41. The van der Waals surface area contributed by atoms with E-state index in [1.54, 1.807) is 0 Å². The summed E-state index contributed by atoms with van der Waals surface area (Å²) < 4.78 is 0. The highest BCUT2D eigenvalue weighted by molar-refractivity contribution is 5.94. The van der Waals surface area contributed by atoms with Crippen LogP contribution in [0.3, 0.4) is 0 Å². The number of hydrogen-bond donors (Lipinski definition) is 4. The number of H-pyrrole nitrogens is 1. The molecule has 0 radical (unpaired) electrons. The zero-order chi connectivity index (χ0) is 17.5. The lowest BCUT2D eigenvalue weighted by Gasteiger charge is -2.14. The van der Waals surface area contributed by atoms with Gasteiger partial charge in [-0.2, -0.15) is 5.10 Å². The number of rotatable bonds is 6.